The predicted molar refractivity (Wildman–Crippen MR) is 122 cm³/mol. The maximum atomic E-state index is 11.9. The molecular weight excluding hydrogens is 390 g/mol. The highest BCUT2D eigenvalue weighted by atomic mass is 16.5. The van der Waals surface area contributed by atoms with E-state index < -0.39 is 6.09 Å². The molecule has 0 fully saturated rings. The predicted octanol–water partition coefficient (Wildman–Crippen LogP) is 5.41. The number of aromatic amines is 1. The molecular formula is C25H25N3O3. The van der Waals surface area contributed by atoms with Gasteiger partial charge in [-0.3, -0.25) is 5.10 Å². The number of alkyl carbamates (subject to hydrolysis) is 1. The Bertz CT molecular complexity index is 1210. The topological polar surface area (TPSA) is 87.2 Å². The first-order valence-electron chi connectivity index (χ1n) is 10.4. The highest BCUT2D eigenvalue weighted by Crippen LogP contribution is 2.37. The molecule has 0 aliphatic carbocycles. The second kappa shape index (κ2) is 8.92. The number of aromatic hydroxyl groups is 1. The molecule has 0 atom stereocenters. The molecule has 4 rings (SSSR count). The lowest BCUT2D eigenvalue weighted by molar-refractivity contribution is 0.151. The van der Waals surface area contributed by atoms with Crippen LogP contribution in [0.2, 0.25) is 0 Å². The number of ether oxygens (including phenoxy) is 1. The van der Waals surface area contributed by atoms with Gasteiger partial charge in [0, 0.05) is 11.9 Å². The van der Waals surface area contributed by atoms with Gasteiger partial charge >= 0.3 is 6.09 Å². The Morgan fingerprint density at radius 3 is 2.58 bits per heavy atom. The SMILES string of the molecule is CCOC(=O)NCc1ccc(-c2ccc3[nH]ncc3c2)c(CC)c1-c1ccc(O)cc1. The van der Waals surface area contributed by atoms with Crippen LogP contribution in [0.25, 0.3) is 33.2 Å². The average Bonchev–Trinajstić information content (AvgIpc) is 3.26. The molecule has 4 aromatic rings. The Labute approximate surface area is 180 Å². The summed E-state index contributed by atoms with van der Waals surface area (Å²) < 4.78 is 5.02. The molecule has 1 amide bonds. The fraction of sp³-hybridized carbons (Fsp3) is 0.200. The van der Waals surface area contributed by atoms with E-state index in [1.165, 1.54) is 5.56 Å². The zero-order chi connectivity index (χ0) is 21.8. The normalized spacial score (nSPS) is 10.9. The number of H-pyrrole nitrogens is 1. The number of hydrogen-bond acceptors (Lipinski definition) is 4. The molecule has 0 aliphatic heterocycles. The van der Waals surface area contributed by atoms with E-state index in [9.17, 15) is 9.90 Å². The van der Waals surface area contributed by atoms with Crippen LogP contribution in [0.15, 0.2) is 60.8 Å². The van der Waals surface area contributed by atoms with E-state index >= 15 is 0 Å². The second-order valence-electron chi connectivity index (χ2n) is 7.27. The van der Waals surface area contributed by atoms with Crippen molar-refractivity contribution < 1.29 is 14.6 Å². The van der Waals surface area contributed by atoms with Crippen LogP contribution < -0.4 is 5.32 Å². The van der Waals surface area contributed by atoms with Crippen LogP contribution >= 0.6 is 0 Å². The maximum absolute atomic E-state index is 11.9. The van der Waals surface area contributed by atoms with Crippen LogP contribution in [0, 0.1) is 0 Å². The Morgan fingerprint density at radius 2 is 1.84 bits per heavy atom. The molecule has 3 N–H and O–H groups in total. The zero-order valence-electron chi connectivity index (χ0n) is 17.6. The van der Waals surface area contributed by atoms with Gasteiger partial charge in [0.2, 0.25) is 0 Å². The van der Waals surface area contributed by atoms with Crippen molar-refractivity contribution in [3.05, 3.63) is 71.9 Å². The van der Waals surface area contributed by atoms with Crippen molar-refractivity contribution in [3.8, 4) is 28.0 Å². The number of benzene rings is 3. The van der Waals surface area contributed by atoms with Crippen LogP contribution in [0.4, 0.5) is 4.79 Å². The lowest BCUT2D eigenvalue weighted by Gasteiger charge is -2.19. The minimum absolute atomic E-state index is 0.217. The highest BCUT2D eigenvalue weighted by molar-refractivity contribution is 5.87. The van der Waals surface area contributed by atoms with Crippen LogP contribution in [-0.4, -0.2) is 28.0 Å². The number of nitrogens with one attached hydrogen (secondary N) is 2. The summed E-state index contributed by atoms with van der Waals surface area (Å²) in [6.07, 6.45) is 2.19. The number of phenols is 1. The van der Waals surface area contributed by atoms with Crippen molar-refractivity contribution in [3.63, 3.8) is 0 Å². The lowest BCUT2D eigenvalue weighted by Crippen LogP contribution is -2.24. The van der Waals surface area contributed by atoms with Gasteiger partial charge in [-0.05, 0) is 71.0 Å². The highest BCUT2D eigenvalue weighted by Gasteiger charge is 2.16. The third-order valence-corrected chi connectivity index (χ3v) is 5.36. The molecule has 1 aromatic heterocycles. The first kappa shape index (κ1) is 20.5. The van der Waals surface area contributed by atoms with Crippen molar-refractivity contribution in [1.29, 1.82) is 0 Å². The van der Waals surface area contributed by atoms with E-state index in [0.717, 1.165) is 45.1 Å². The van der Waals surface area contributed by atoms with E-state index in [2.05, 4.69) is 40.6 Å². The summed E-state index contributed by atoms with van der Waals surface area (Å²) in [7, 11) is 0. The summed E-state index contributed by atoms with van der Waals surface area (Å²) in [6.45, 7) is 4.58. The number of amides is 1. The minimum atomic E-state index is -0.438. The van der Waals surface area contributed by atoms with Crippen LogP contribution in [-0.2, 0) is 17.7 Å². The van der Waals surface area contributed by atoms with E-state index in [0.29, 0.717) is 13.2 Å². The van der Waals surface area contributed by atoms with Gasteiger partial charge in [-0.15, -0.1) is 0 Å². The number of fused-ring (bicyclic) bond motifs is 1. The van der Waals surface area contributed by atoms with Crippen molar-refractivity contribution >= 4 is 17.0 Å². The van der Waals surface area contributed by atoms with Gasteiger partial charge in [0.05, 0.1) is 18.3 Å². The second-order valence-corrected chi connectivity index (χ2v) is 7.27. The van der Waals surface area contributed by atoms with E-state index in [-0.39, 0.29) is 5.75 Å². The number of phenolic OH excluding ortho intramolecular Hbond substituents is 1. The van der Waals surface area contributed by atoms with E-state index in [1.54, 1.807) is 19.1 Å². The molecule has 0 aliphatic rings. The number of carbonyl (C=O) groups is 1. The first-order valence-corrected chi connectivity index (χ1v) is 10.4. The largest absolute Gasteiger partial charge is 0.508 e. The molecule has 0 radical (unpaired) electrons. The lowest BCUT2D eigenvalue weighted by atomic mass is 9.86. The smallest absolute Gasteiger partial charge is 0.407 e. The third kappa shape index (κ3) is 4.23. The zero-order valence-corrected chi connectivity index (χ0v) is 17.6. The quantitative estimate of drug-likeness (QED) is 0.393. The molecule has 0 saturated heterocycles. The monoisotopic (exact) mass is 415 g/mol. The molecule has 0 spiro atoms. The maximum Gasteiger partial charge on any atom is 0.407 e. The van der Waals surface area contributed by atoms with Crippen LogP contribution in [0.3, 0.4) is 0 Å². The minimum Gasteiger partial charge on any atom is -0.508 e. The average molecular weight is 415 g/mol. The molecule has 0 unspecified atom stereocenters. The molecule has 0 bridgehead atoms. The van der Waals surface area contributed by atoms with Crippen LogP contribution in [0.1, 0.15) is 25.0 Å². The summed E-state index contributed by atoms with van der Waals surface area (Å²) in [5.74, 6) is 0.217. The number of rotatable bonds is 6. The fourth-order valence-electron chi connectivity index (χ4n) is 3.93. The molecule has 6 heteroatoms. The molecule has 0 saturated carbocycles. The first-order chi connectivity index (χ1) is 15.1. The number of carbonyl (C=O) groups excluding carboxylic acids is 1. The van der Waals surface area contributed by atoms with Gasteiger partial charge in [0.25, 0.3) is 0 Å². The Morgan fingerprint density at radius 1 is 1.06 bits per heavy atom. The Kier molecular flexibility index (Phi) is 5.89. The number of nitrogens with zero attached hydrogens (tertiary/aromatic N) is 1. The fourth-order valence-corrected chi connectivity index (χ4v) is 3.93. The van der Waals surface area contributed by atoms with Crippen LogP contribution in [0.5, 0.6) is 5.75 Å². The third-order valence-electron chi connectivity index (χ3n) is 5.36. The molecule has 3 aromatic carbocycles. The summed E-state index contributed by atoms with van der Waals surface area (Å²) >= 11 is 0. The van der Waals surface area contributed by atoms with Gasteiger partial charge in [0.1, 0.15) is 5.75 Å². The molecule has 6 nitrogen and oxygen atoms in total. The van der Waals surface area contributed by atoms with Crippen molar-refractivity contribution in [2.75, 3.05) is 6.61 Å². The van der Waals surface area contributed by atoms with Crippen molar-refractivity contribution in [2.45, 2.75) is 26.8 Å². The van der Waals surface area contributed by atoms with Gasteiger partial charge in [-0.25, -0.2) is 4.79 Å². The summed E-state index contributed by atoms with van der Waals surface area (Å²) in [4.78, 5) is 11.9. The van der Waals surface area contributed by atoms with E-state index in [4.69, 9.17) is 4.74 Å². The van der Waals surface area contributed by atoms with Gasteiger partial charge in [-0.1, -0.05) is 37.3 Å². The summed E-state index contributed by atoms with van der Waals surface area (Å²) in [5, 5.41) is 20.8. The standard InChI is InChI=1S/C25H25N3O3/c1-3-21-22(17-8-12-23-19(13-17)15-27-28-23)11-7-18(14-26-25(30)31-4-2)24(21)16-5-9-20(29)10-6-16/h5-13,15,29H,3-4,14H2,1-2H3,(H,26,30)(H,27,28). The Balaban J connectivity index is 1.84. The summed E-state index contributed by atoms with van der Waals surface area (Å²) in [6, 6.07) is 17.6. The molecule has 158 valence electrons. The number of hydrogen-bond donors (Lipinski definition) is 3. The van der Waals surface area contributed by atoms with Crippen molar-refractivity contribution in [1.82, 2.24) is 15.5 Å². The van der Waals surface area contributed by atoms with Crippen molar-refractivity contribution in [2.24, 2.45) is 0 Å². The molecule has 31 heavy (non-hydrogen) atoms. The van der Waals surface area contributed by atoms with Gasteiger partial charge in [-0.2, -0.15) is 5.10 Å². The Hall–Kier alpha value is -3.80. The van der Waals surface area contributed by atoms with E-state index in [1.807, 2.05) is 30.5 Å². The molecule has 1 heterocycles. The number of aromatic nitrogens is 2. The van der Waals surface area contributed by atoms with Gasteiger partial charge in [0.15, 0.2) is 0 Å². The summed E-state index contributed by atoms with van der Waals surface area (Å²) in [5.41, 5.74) is 7.45. The van der Waals surface area contributed by atoms with Gasteiger partial charge < -0.3 is 15.2 Å².